The van der Waals surface area contributed by atoms with Crippen molar-refractivity contribution in [1.82, 2.24) is 15.0 Å². The summed E-state index contributed by atoms with van der Waals surface area (Å²) in [5, 5.41) is 2.73. The van der Waals surface area contributed by atoms with Crippen LogP contribution in [0.1, 0.15) is 18.2 Å². The van der Waals surface area contributed by atoms with Crippen LogP contribution in [-0.2, 0) is 6.42 Å². The molecule has 0 amide bonds. The maximum absolute atomic E-state index is 13.7. The third kappa shape index (κ3) is 2.16. The number of rotatable bonds is 3. The highest BCUT2D eigenvalue weighted by Crippen LogP contribution is 2.22. The molecule has 0 aromatic carbocycles. The standard InChI is InChI=1S/C13H15FN4/c1-4-9-6-5-7-16-11(9)13-17-8(2)10(14)12(15-3)18-13/h5-7H,4H2,1-3H3,(H,15,17,18). The topological polar surface area (TPSA) is 50.7 Å². The highest BCUT2D eigenvalue weighted by atomic mass is 19.1. The van der Waals surface area contributed by atoms with Gasteiger partial charge in [0, 0.05) is 13.2 Å². The van der Waals surface area contributed by atoms with Crippen molar-refractivity contribution in [3.8, 4) is 11.5 Å². The minimum absolute atomic E-state index is 0.199. The second-order valence-corrected chi connectivity index (χ2v) is 3.91. The number of nitrogens with one attached hydrogen (secondary N) is 1. The van der Waals surface area contributed by atoms with Gasteiger partial charge in [0.15, 0.2) is 17.5 Å². The predicted octanol–water partition coefficient (Wildman–Crippen LogP) is 2.59. The van der Waals surface area contributed by atoms with Crippen molar-refractivity contribution >= 4 is 5.82 Å². The molecule has 2 aromatic rings. The van der Waals surface area contributed by atoms with E-state index in [4.69, 9.17) is 0 Å². The number of aromatic nitrogens is 3. The van der Waals surface area contributed by atoms with E-state index in [-0.39, 0.29) is 5.82 Å². The largest absolute Gasteiger partial charge is 0.371 e. The van der Waals surface area contributed by atoms with Crippen molar-refractivity contribution in [2.45, 2.75) is 20.3 Å². The van der Waals surface area contributed by atoms with Crippen molar-refractivity contribution in [2.75, 3.05) is 12.4 Å². The molecule has 1 N–H and O–H groups in total. The lowest BCUT2D eigenvalue weighted by atomic mass is 10.1. The zero-order valence-electron chi connectivity index (χ0n) is 10.7. The fourth-order valence-electron chi connectivity index (χ4n) is 1.76. The van der Waals surface area contributed by atoms with E-state index in [0.717, 1.165) is 12.0 Å². The Kier molecular flexibility index (Phi) is 3.50. The van der Waals surface area contributed by atoms with E-state index in [0.29, 0.717) is 17.2 Å². The number of halogens is 1. The fraction of sp³-hybridized carbons (Fsp3) is 0.308. The maximum Gasteiger partial charge on any atom is 0.186 e. The van der Waals surface area contributed by atoms with Crippen molar-refractivity contribution < 1.29 is 4.39 Å². The van der Waals surface area contributed by atoms with Gasteiger partial charge in [-0.2, -0.15) is 0 Å². The summed E-state index contributed by atoms with van der Waals surface area (Å²) in [6.45, 7) is 3.66. The van der Waals surface area contributed by atoms with Gasteiger partial charge in [0.25, 0.3) is 0 Å². The Balaban J connectivity index is 2.61. The normalized spacial score (nSPS) is 10.4. The van der Waals surface area contributed by atoms with E-state index in [9.17, 15) is 4.39 Å². The van der Waals surface area contributed by atoms with E-state index in [1.807, 2.05) is 19.1 Å². The van der Waals surface area contributed by atoms with Crippen LogP contribution in [0.15, 0.2) is 18.3 Å². The van der Waals surface area contributed by atoms with E-state index in [1.54, 1.807) is 20.2 Å². The predicted molar refractivity (Wildman–Crippen MR) is 68.9 cm³/mol. The third-order valence-electron chi connectivity index (χ3n) is 2.74. The van der Waals surface area contributed by atoms with Crippen LogP contribution < -0.4 is 5.32 Å². The van der Waals surface area contributed by atoms with Crippen LogP contribution in [0.2, 0.25) is 0 Å². The van der Waals surface area contributed by atoms with E-state index < -0.39 is 5.82 Å². The lowest BCUT2D eigenvalue weighted by Gasteiger charge is -2.09. The number of hydrogen-bond acceptors (Lipinski definition) is 4. The molecule has 0 unspecified atom stereocenters. The first kappa shape index (κ1) is 12.4. The molecular formula is C13H15FN4. The molecule has 0 radical (unpaired) electrons. The fourth-order valence-corrected chi connectivity index (χ4v) is 1.76. The molecule has 18 heavy (non-hydrogen) atoms. The van der Waals surface area contributed by atoms with Crippen LogP contribution in [-0.4, -0.2) is 22.0 Å². The molecule has 94 valence electrons. The molecular weight excluding hydrogens is 231 g/mol. The van der Waals surface area contributed by atoms with Crippen molar-refractivity contribution in [1.29, 1.82) is 0 Å². The van der Waals surface area contributed by atoms with E-state index in [1.165, 1.54) is 0 Å². The Hall–Kier alpha value is -2.04. The van der Waals surface area contributed by atoms with Gasteiger partial charge in [0.05, 0.1) is 5.69 Å². The Morgan fingerprint density at radius 2 is 2.11 bits per heavy atom. The number of aryl methyl sites for hydroxylation is 2. The number of anilines is 1. The summed E-state index contributed by atoms with van der Waals surface area (Å²) in [6, 6.07) is 3.85. The molecule has 2 aromatic heterocycles. The number of pyridine rings is 1. The smallest absolute Gasteiger partial charge is 0.186 e. The SMILES string of the molecule is CCc1cccnc1-c1nc(C)c(F)c(NC)n1. The number of nitrogens with zero attached hydrogens (tertiary/aromatic N) is 3. The highest BCUT2D eigenvalue weighted by molar-refractivity contribution is 5.57. The number of hydrogen-bond donors (Lipinski definition) is 1. The van der Waals surface area contributed by atoms with Gasteiger partial charge in [-0.3, -0.25) is 4.98 Å². The van der Waals surface area contributed by atoms with Gasteiger partial charge >= 0.3 is 0 Å². The van der Waals surface area contributed by atoms with Gasteiger partial charge in [-0.05, 0) is 25.0 Å². The lowest BCUT2D eigenvalue weighted by molar-refractivity contribution is 0.607. The molecule has 0 spiro atoms. The Labute approximate surface area is 105 Å². The second-order valence-electron chi connectivity index (χ2n) is 3.91. The first-order valence-electron chi connectivity index (χ1n) is 5.83. The summed E-state index contributed by atoms with van der Waals surface area (Å²) >= 11 is 0. The summed E-state index contributed by atoms with van der Waals surface area (Å²) in [5.74, 6) is 0.233. The molecule has 0 bridgehead atoms. The van der Waals surface area contributed by atoms with Gasteiger partial charge in [-0.25, -0.2) is 14.4 Å². The van der Waals surface area contributed by atoms with Gasteiger partial charge in [0.2, 0.25) is 0 Å². The molecule has 0 aliphatic carbocycles. The third-order valence-corrected chi connectivity index (χ3v) is 2.74. The molecule has 0 aliphatic rings. The molecule has 2 heterocycles. The maximum atomic E-state index is 13.7. The zero-order valence-corrected chi connectivity index (χ0v) is 10.7. The average Bonchev–Trinajstić information content (AvgIpc) is 2.41. The molecule has 0 atom stereocenters. The Morgan fingerprint density at radius 1 is 1.33 bits per heavy atom. The van der Waals surface area contributed by atoms with E-state index in [2.05, 4.69) is 20.3 Å². The first-order chi connectivity index (χ1) is 8.67. The molecule has 2 rings (SSSR count). The van der Waals surface area contributed by atoms with Crippen LogP contribution >= 0.6 is 0 Å². The summed E-state index contributed by atoms with van der Waals surface area (Å²) in [6.07, 6.45) is 2.52. The summed E-state index contributed by atoms with van der Waals surface area (Å²) in [4.78, 5) is 12.6. The minimum Gasteiger partial charge on any atom is -0.371 e. The van der Waals surface area contributed by atoms with E-state index >= 15 is 0 Å². The quantitative estimate of drug-likeness (QED) is 0.904. The van der Waals surface area contributed by atoms with Crippen molar-refractivity contribution in [3.63, 3.8) is 0 Å². The van der Waals surface area contributed by atoms with Crippen LogP contribution in [0, 0.1) is 12.7 Å². The monoisotopic (exact) mass is 246 g/mol. The Morgan fingerprint density at radius 3 is 2.78 bits per heavy atom. The summed E-state index contributed by atoms with van der Waals surface area (Å²) in [5.41, 5.74) is 2.07. The van der Waals surface area contributed by atoms with Gasteiger partial charge in [-0.15, -0.1) is 0 Å². The van der Waals surface area contributed by atoms with Gasteiger partial charge in [-0.1, -0.05) is 13.0 Å². The summed E-state index contributed by atoms with van der Waals surface area (Å²) < 4.78 is 13.7. The Bertz CT molecular complexity index is 569. The lowest BCUT2D eigenvalue weighted by Crippen LogP contribution is -2.05. The molecule has 4 nitrogen and oxygen atoms in total. The molecule has 5 heteroatoms. The molecule has 0 fully saturated rings. The molecule has 0 aliphatic heterocycles. The van der Waals surface area contributed by atoms with Gasteiger partial charge < -0.3 is 5.32 Å². The molecule has 0 saturated heterocycles. The minimum atomic E-state index is -0.421. The zero-order chi connectivity index (χ0) is 13.1. The van der Waals surface area contributed by atoms with Crippen LogP contribution in [0.25, 0.3) is 11.5 Å². The van der Waals surface area contributed by atoms with Crippen LogP contribution in [0.3, 0.4) is 0 Å². The van der Waals surface area contributed by atoms with Crippen LogP contribution in [0.4, 0.5) is 10.2 Å². The first-order valence-corrected chi connectivity index (χ1v) is 5.83. The molecule has 0 saturated carbocycles. The van der Waals surface area contributed by atoms with Crippen molar-refractivity contribution in [3.05, 3.63) is 35.4 Å². The second kappa shape index (κ2) is 5.08. The van der Waals surface area contributed by atoms with Crippen molar-refractivity contribution in [2.24, 2.45) is 0 Å². The van der Waals surface area contributed by atoms with Gasteiger partial charge in [0.1, 0.15) is 5.69 Å². The van der Waals surface area contributed by atoms with Crippen LogP contribution in [0.5, 0.6) is 0 Å². The summed E-state index contributed by atoms with van der Waals surface area (Å²) in [7, 11) is 1.63. The average molecular weight is 246 g/mol. The highest BCUT2D eigenvalue weighted by Gasteiger charge is 2.14.